The Morgan fingerprint density at radius 3 is 2.57 bits per heavy atom. The van der Waals surface area contributed by atoms with E-state index in [1.165, 1.54) is 6.07 Å². The summed E-state index contributed by atoms with van der Waals surface area (Å²) in [5, 5.41) is 1.98. The van der Waals surface area contributed by atoms with Gasteiger partial charge in [0.15, 0.2) is 6.20 Å². The first kappa shape index (κ1) is 8.33. The summed E-state index contributed by atoms with van der Waals surface area (Å²) >= 11 is 0. The van der Waals surface area contributed by atoms with Gasteiger partial charge in [-0.3, -0.25) is 0 Å². The zero-order valence-electron chi connectivity index (χ0n) is 18.5. The van der Waals surface area contributed by atoms with Gasteiger partial charge in [0.1, 0.15) is 7.05 Å². The summed E-state index contributed by atoms with van der Waals surface area (Å²) in [6.45, 7) is -1.02. The van der Waals surface area contributed by atoms with Gasteiger partial charge in [0.25, 0.3) is 0 Å². The van der Waals surface area contributed by atoms with Crippen molar-refractivity contribution >= 4 is 10.8 Å². The third-order valence-electron chi connectivity index (χ3n) is 3.96. The van der Waals surface area contributed by atoms with Gasteiger partial charge in [-0.1, -0.05) is 29.3 Å². The van der Waals surface area contributed by atoms with Crippen LogP contribution < -0.4 is 4.57 Å². The zero-order valence-corrected chi connectivity index (χ0v) is 12.5. The Kier molecular flexibility index (Phi) is 1.98. The minimum absolute atomic E-state index is 0.0401. The molecule has 1 heteroatoms. The molecule has 1 nitrogen and oxygen atoms in total. The second kappa shape index (κ2) is 5.00. The average molecular weight is 282 g/mol. The predicted molar refractivity (Wildman–Crippen MR) is 89.5 cm³/mol. The number of nitrogens with zero attached hydrogens (tertiary/aromatic N) is 1. The maximum Gasteiger partial charge on any atom is 0.220 e. The van der Waals surface area contributed by atoms with E-state index in [9.17, 15) is 0 Å². The molecule has 0 N–H and O–H groups in total. The van der Waals surface area contributed by atoms with Crippen molar-refractivity contribution in [2.75, 3.05) is 0 Å². The van der Waals surface area contributed by atoms with E-state index in [1.807, 2.05) is 42.9 Å². The van der Waals surface area contributed by atoms with Gasteiger partial charge >= 0.3 is 0 Å². The minimum atomic E-state index is -2.39. The van der Waals surface area contributed by atoms with Gasteiger partial charge in [-0.25, -0.2) is 4.57 Å². The largest absolute Gasteiger partial charge is 0.220 e. The lowest BCUT2D eigenvalue weighted by Crippen LogP contribution is -2.30. The van der Waals surface area contributed by atoms with Crippen LogP contribution in [0, 0.1) is 27.6 Å². The summed E-state index contributed by atoms with van der Waals surface area (Å²) in [4.78, 5) is 0. The molecule has 0 aliphatic rings. The number of aromatic nitrogens is 1. The highest BCUT2D eigenvalue weighted by Crippen LogP contribution is 2.30. The van der Waals surface area contributed by atoms with E-state index < -0.39 is 13.7 Å². The number of hydrogen-bond donors (Lipinski definition) is 0. The third kappa shape index (κ3) is 2.33. The van der Waals surface area contributed by atoms with Crippen molar-refractivity contribution in [2.24, 2.45) is 7.05 Å². The van der Waals surface area contributed by atoms with Crippen LogP contribution in [0.4, 0.5) is 0 Å². The smallest absolute Gasteiger partial charge is 0.200 e. The van der Waals surface area contributed by atoms with Gasteiger partial charge in [0.05, 0.1) is 10.9 Å². The van der Waals surface area contributed by atoms with Crippen LogP contribution in [-0.2, 0) is 7.05 Å². The molecule has 3 aromatic rings. The number of hydrogen-bond acceptors (Lipinski definition) is 0. The number of pyridine rings is 1. The molecule has 0 unspecified atom stereocenters. The Labute approximate surface area is 135 Å². The number of rotatable bonds is 1. The molecule has 106 valence electrons. The highest BCUT2D eigenvalue weighted by atomic mass is 14.9. The molecule has 1 heterocycles. The monoisotopic (exact) mass is 282 g/mol. The van der Waals surface area contributed by atoms with E-state index in [0.717, 1.165) is 22.0 Å². The molecular formula is C20H22N+. The summed E-state index contributed by atoms with van der Waals surface area (Å²) < 4.78 is 48.9. The molecule has 2 aromatic carbocycles. The lowest BCUT2D eigenvalue weighted by molar-refractivity contribution is -0.659. The lowest BCUT2D eigenvalue weighted by Gasteiger charge is -2.11. The van der Waals surface area contributed by atoms with Gasteiger partial charge in [-0.2, -0.15) is 0 Å². The molecule has 0 aliphatic heterocycles. The first-order chi connectivity index (χ1) is 12.4. The zero-order chi connectivity index (χ0) is 20.1. The van der Waals surface area contributed by atoms with Crippen LogP contribution in [0.1, 0.15) is 30.5 Å². The molecule has 1 aromatic heterocycles. The highest BCUT2D eigenvalue weighted by molar-refractivity contribution is 5.94. The van der Waals surface area contributed by atoms with Crippen LogP contribution in [0.5, 0.6) is 0 Å². The maximum atomic E-state index is 7.86. The van der Waals surface area contributed by atoms with E-state index in [2.05, 4.69) is 6.07 Å². The molecule has 0 amide bonds. The van der Waals surface area contributed by atoms with Gasteiger partial charge in [-0.15, -0.1) is 0 Å². The molecule has 0 saturated heterocycles. The summed E-state index contributed by atoms with van der Waals surface area (Å²) in [6, 6.07) is 11.0. The molecular weight excluding hydrogens is 254 g/mol. The van der Waals surface area contributed by atoms with Crippen LogP contribution in [0.2, 0.25) is 0 Å². The number of fused-ring (bicyclic) bond motifs is 1. The van der Waals surface area contributed by atoms with Crippen molar-refractivity contribution in [2.45, 2.75) is 27.6 Å². The summed E-state index contributed by atoms with van der Waals surface area (Å²) in [7, 11) is 1.88. The van der Waals surface area contributed by atoms with Crippen LogP contribution in [0.25, 0.3) is 22.0 Å². The summed E-state index contributed by atoms with van der Waals surface area (Å²) in [5.74, 6) is 0. The molecule has 0 bridgehead atoms. The number of benzene rings is 2. The van der Waals surface area contributed by atoms with Gasteiger partial charge in [0.2, 0.25) is 5.69 Å². The minimum Gasteiger partial charge on any atom is -0.200 e. The molecule has 0 atom stereocenters. The Balaban J connectivity index is 2.45. The number of aryl methyl sites for hydroxylation is 4. The Bertz CT molecular complexity index is 1030. The fourth-order valence-corrected chi connectivity index (χ4v) is 2.79. The maximum absolute atomic E-state index is 7.86. The predicted octanol–water partition coefficient (Wildman–Crippen LogP) is 4.56. The fourth-order valence-electron chi connectivity index (χ4n) is 2.79. The summed E-state index contributed by atoms with van der Waals surface area (Å²) in [5.41, 5.74) is 3.26. The van der Waals surface area contributed by atoms with Crippen LogP contribution >= 0.6 is 0 Å². The van der Waals surface area contributed by atoms with E-state index in [-0.39, 0.29) is 11.1 Å². The first-order valence-corrected chi connectivity index (χ1v) is 6.94. The van der Waals surface area contributed by atoms with Crippen LogP contribution in [0.3, 0.4) is 0 Å². The molecule has 21 heavy (non-hydrogen) atoms. The van der Waals surface area contributed by atoms with Crippen LogP contribution in [0.15, 0.2) is 42.6 Å². The highest BCUT2D eigenvalue weighted by Gasteiger charge is 2.18. The van der Waals surface area contributed by atoms with Crippen LogP contribution in [-0.4, -0.2) is 0 Å². The van der Waals surface area contributed by atoms with Crippen molar-refractivity contribution in [3.05, 3.63) is 64.8 Å². The fraction of sp³-hybridized carbons (Fsp3) is 0.250. The van der Waals surface area contributed by atoms with Crippen molar-refractivity contribution in [3.8, 4) is 11.3 Å². The lowest BCUT2D eigenvalue weighted by atomic mass is 9.94. The van der Waals surface area contributed by atoms with Crippen molar-refractivity contribution in [1.82, 2.24) is 0 Å². The van der Waals surface area contributed by atoms with E-state index in [1.54, 1.807) is 13.0 Å². The molecule has 0 fully saturated rings. The Hall–Kier alpha value is -2.15. The first-order valence-electron chi connectivity index (χ1n) is 9.94. The molecule has 0 spiro atoms. The molecule has 3 rings (SSSR count). The van der Waals surface area contributed by atoms with Crippen molar-refractivity contribution in [1.29, 1.82) is 0 Å². The normalized spacial score (nSPS) is 16.5. The van der Waals surface area contributed by atoms with E-state index in [4.69, 9.17) is 8.22 Å². The topological polar surface area (TPSA) is 3.88 Å². The quantitative estimate of drug-likeness (QED) is 0.576. The second-order valence-corrected chi connectivity index (χ2v) is 5.56. The molecule has 0 aliphatic carbocycles. The van der Waals surface area contributed by atoms with Gasteiger partial charge < -0.3 is 0 Å². The molecule has 0 saturated carbocycles. The standard InChI is InChI=1S/C20H22N/c1-13-6-7-18-17(11-13)8-9-21(5)20(18)19-12-14(2)10-15(3)16(19)4/h6-12H,1-5H3/q+1/i2D3,3D3. The van der Waals surface area contributed by atoms with E-state index >= 15 is 0 Å². The van der Waals surface area contributed by atoms with Crippen molar-refractivity contribution in [3.63, 3.8) is 0 Å². The Morgan fingerprint density at radius 1 is 0.952 bits per heavy atom. The van der Waals surface area contributed by atoms with E-state index in [0.29, 0.717) is 11.1 Å². The van der Waals surface area contributed by atoms with Crippen molar-refractivity contribution < 1.29 is 12.8 Å². The van der Waals surface area contributed by atoms with Gasteiger partial charge in [0, 0.05) is 14.3 Å². The average Bonchev–Trinajstić information content (AvgIpc) is 2.53. The summed E-state index contributed by atoms with van der Waals surface area (Å²) in [6.07, 6.45) is 1.91. The SMILES string of the molecule is [2H]C([2H])([2H])c1cc(-c2c3ccc(C)cc3cc[n+]2C)c(C)c(C([2H])([2H])[2H])c1. The second-order valence-electron chi connectivity index (χ2n) is 5.56. The molecule has 0 radical (unpaired) electrons. The Morgan fingerprint density at radius 2 is 1.81 bits per heavy atom. The van der Waals surface area contributed by atoms with Gasteiger partial charge in [-0.05, 0) is 56.2 Å². The third-order valence-corrected chi connectivity index (χ3v) is 3.96.